The molecule has 2 atom stereocenters. The zero-order valence-corrected chi connectivity index (χ0v) is 12.3. The molecule has 2 heterocycles. The van der Waals surface area contributed by atoms with Gasteiger partial charge >= 0.3 is 0 Å². The second-order valence-corrected chi connectivity index (χ2v) is 5.52. The molecule has 0 aromatic carbocycles. The monoisotopic (exact) mass is 273 g/mol. The Hall–Kier alpha value is -0.650. The van der Waals surface area contributed by atoms with E-state index in [0.717, 1.165) is 26.2 Å². The molecule has 2 aliphatic rings. The van der Waals surface area contributed by atoms with Crippen molar-refractivity contribution in [3.05, 3.63) is 0 Å². The molecule has 2 aliphatic heterocycles. The van der Waals surface area contributed by atoms with Crippen LogP contribution < -0.4 is 0 Å². The van der Waals surface area contributed by atoms with E-state index in [1.165, 1.54) is 19.4 Å². The Balaban J connectivity index is 0.000000550. The number of rotatable bonds is 5. The average Bonchev–Trinajstić information content (AvgIpc) is 2.84. The first kappa shape index (κ1) is 16.4. The van der Waals surface area contributed by atoms with Crippen molar-refractivity contribution in [2.45, 2.75) is 57.8 Å². The lowest BCUT2D eigenvalue weighted by Crippen LogP contribution is -2.43. The highest BCUT2D eigenvalue weighted by Gasteiger charge is 2.48. The van der Waals surface area contributed by atoms with E-state index < -0.39 is 0 Å². The fourth-order valence-electron chi connectivity index (χ4n) is 3.14. The van der Waals surface area contributed by atoms with E-state index in [1.54, 1.807) is 0 Å². The van der Waals surface area contributed by atoms with Crippen LogP contribution in [0.2, 0.25) is 0 Å². The lowest BCUT2D eigenvalue weighted by Gasteiger charge is -2.32. The van der Waals surface area contributed by atoms with Crippen molar-refractivity contribution in [1.82, 2.24) is 4.90 Å². The standard InChI is InChI=1S/C13H25NO2.CH2O2/c1-4-15-12-8-13(10-16-11(2)3)6-5-7-14(13)9-12;2-1-3/h11-12H,4-10H2,1-3H3;1H,(H,2,3). The van der Waals surface area contributed by atoms with Gasteiger partial charge in [0.2, 0.25) is 0 Å². The number of carbonyl (C=O) groups is 1. The van der Waals surface area contributed by atoms with Crippen molar-refractivity contribution in [3.8, 4) is 0 Å². The summed E-state index contributed by atoms with van der Waals surface area (Å²) in [6.07, 6.45) is 4.53. The molecule has 0 amide bonds. The quantitative estimate of drug-likeness (QED) is 0.773. The Morgan fingerprint density at radius 2 is 2.21 bits per heavy atom. The third kappa shape index (κ3) is 4.44. The Morgan fingerprint density at radius 3 is 2.79 bits per heavy atom. The van der Waals surface area contributed by atoms with E-state index in [0.29, 0.717) is 17.7 Å². The van der Waals surface area contributed by atoms with Crippen LogP contribution in [-0.2, 0) is 14.3 Å². The highest BCUT2D eigenvalue weighted by Crippen LogP contribution is 2.40. The lowest BCUT2D eigenvalue weighted by atomic mass is 9.94. The summed E-state index contributed by atoms with van der Waals surface area (Å²) >= 11 is 0. The normalized spacial score (nSPS) is 30.0. The Morgan fingerprint density at radius 1 is 1.53 bits per heavy atom. The molecule has 112 valence electrons. The Labute approximate surface area is 115 Å². The Bertz CT molecular complexity index is 272. The number of ether oxygens (including phenoxy) is 2. The molecule has 2 saturated heterocycles. The summed E-state index contributed by atoms with van der Waals surface area (Å²) in [6, 6.07) is 0. The smallest absolute Gasteiger partial charge is 0.290 e. The van der Waals surface area contributed by atoms with Crippen molar-refractivity contribution in [1.29, 1.82) is 0 Å². The third-order valence-corrected chi connectivity index (χ3v) is 3.86. The van der Waals surface area contributed by atoms with E-state index in [-0.39, 0.29) is 6.47 Å². The van der Waals surface area contributed by atoms with Gasteiger partial charge in [-0.05, 0) is 46.6 Å². The van der Waals surface area contributed by atoms with E-state index in [1.807, 2.05) is 0 Å². The predicted molar refractivity (Wildman–Crippen MR) is 73.3 cm³/mol. The van der Waals surface area contributed by atoms with Gasteiger partial charge in [-0.15, -0.1) is 0 Å². The molecule has 5 heteroatoms. The first-order valence-corrected chi connectivity index (χ1v) is 7.14. The number of hydrogen-bond donors (Lipinski definition) is 1. The van der Waals surface area contributed by atoms with E-state index >= 15 is 0 Å². The van der Waals surface area contributed by atoms with Gasteiger partial charge in [-0.3, -0.25) is 9.69 Å². The number of fused-ring (bicyclic) bond motifs is 1. The molecule has 2 unspecified atom stereocenters. The third-order valence-electron chi connectivity index (χ3n) is 3.86. The van der Waals surface area contributed by atoms with Crippen molar-refractivity contribution >= 4 is 6.47 Å². The molecular formula is C14H27NO4. The molecule has 5 nitrogen and oxygen atoms in total. The van der Waals surface area contributed by atoms with Crippen LogP contribution in [-0.4, -0.2) is 60.5 Å². The summed E-state index contributed by atoms with van der Waals surface area (Å²) in [7, 11) is 0. The number of hydrogen-bond acceptors (Lipinski definition) is 4. The molecule has 0 saturated carbocycles. The molecule has 0 aromatic heterocycles. The SMILES string of the molecule is CCOC1CN2CCCC2(COC(C)C)C1.O=CO. The van der Waals surface area contributed by atoms with E-state index in [4.69, 9.17) is 19.4 Å². The van der Waals surface area contributed by atoms with Gasteiger partial charge in [0, 0.05) is 18.7 Å². The van der Waals surface area contributed by atoms with Crippen LogP contribution in [0.4, 0.5) is 0 Å². The first-order valence-electron chi connectivity index (χ1n) is 7.14. The molecule has 0 radical (unpaired) electrons. The highest BCUT2D eigenvalue weighted by atomic mass is 16.5. The fraction of sp³-hybridized carbons (Fsp3) is 0.929. The Kier molecular flexibility index (Phi) is 6.75. The van der Waals surface area contributed by atoms with Crippen molar-refractivity contribution in [2.75, 3.05) is 26.3 Å². The molecular weight excluding hydrogens is 246 g/mol. The minimum atomic E-state index is -0.250. The predicted octanol–water partition coefficient (Wildman–Crippen LogP) is 1.76. The number of carboxylic acid groups (broad SMARTS) is 1. The van der Waals surface area contributed by atoms with Gasteiger partial charge in [0.1, 0.15) is 0 Å². The molecule has 2 fully saturated rings. The second kappa shape index (κ2) is 7.82. The van der Waals surface area contributed by atoms with Crippen LogP contribution in [0.25, 0.3) is 0 Å². The minimum absolute atomic E-state index is 0.250. The van der Waals surface area contributed by atoms with Gasteiger partial charge in [-0.1, -0.05) is 0 Å². The summed E-state index contributed by atoms with van der Waals surface area (Å²) in [5, 5.41) is 6.89. The lowest BCUT2D eigenvalue weighted by molar-refractivity contribution is -0.122. The topological polar surface area (TPSA) is 59.0 Å². The van der Waals surface area contributed by atoms with Gasteiger partial charge in [0.05, 0.1) is 18.8 Å². The van der Waals surface area contributed by atoms with Crippen LogP contribution in [0.5, 0.6) is 0 Å². The maximum Gasteiger partial charge on any atom is 0.290 e. The highest BCUT2D eigenvalue weighted by molar-refractivity contribution is 5.32. The zero-order valence-electron chi connectivity index (χ0n) is 12.3. The molecule has 0 spiro atoms. The van der Waals surface area contributed by atoms with Gasteiger partial charge < -0.3 is 14.6 Å². The van der Waals surface area contributed by atoms with E-state index in [2.05, 4.69) is 25.7 Å². The van der Waals surface area contributed by atoms with Gasteiger partial charge in [-0.25, -0.2) is 0 Å². The zero-order chi connectivity index (χ0) is 14.3. The van der Waals surface area contributed by atoms with Gasteiger partial charge in [0.15, 0.2) is 0 Å². The summed E-state index contributed by atoms with van der Waals surface area (Å²) in [5.41, 5.74) is 0.296. The molecule has 2 rings (SSSR count). The average molecular weight is 273 g/mol. The van der Waals surface area contributed by atoms with Gasteiger partial charge in [-0.2, -0.15) is 0 Å². The maximum absolute atomic E-state index is 8.36. The van der Waals surface area contributed by atoms with E-state index in [9.17, 15) is 0 Å². The first-order chi connectivity index (χ1) is 9.07. The largest absolute Gasteiger partial charge is 0.483 e. The fourth-order valence-corrected chi connectivity index (χ4v) is 3.14. The second-order valence-electron chi connectivity index (χ2n) is 5.52. The van der Waals surface area contributed by atoms with Crippen LogP contribution in [0.15, 0.2) is 0 Å². The van der Waals surface area contributed by atoms with Crippen LogP contribution in [0.1, 0.15) is 40.0 Å². The molecule has 1 N–H and O–H groups in total. The van der Waals surface area contributed by atoms with Crippen molar-refractivity contribution < 1.29 is 19.4 Å². The summed E-state index contributed by atoms with van der Waals surface area (Å²) in [5.74, 6) is 0. The summed E-state index contributed by atoms with van der Waals surface area (Å²) in [4.78, 5) is 11.0. The molecule has 19 heavy (non-hydrogen) atoms. The number of nitrogens with zero attached hydrogens (tertiary/aromatic N) is 1. The van der Waals surface area contributed by atoms with Crippen LogP contribution in [0.3, 0.4) is 0 Å². The summed E-state index contributed by atoms with van der Waals surface area (Å²) in [6.45, 7) is 10.1. The summed E-state index contributed by atoms with van der Waals surface area (Å²) < 4.78 is 11.6. The molecule has 0 bridgehead atoms. The molecule has 0 aliphatic carbocycles. The van der Waals surface area contributed by atoms with Crippen molar-refractivity contribution in [2.24, 2.45) is 0 Å². The van der Waals surface area contributed by atoms with Crippen molar-refractivity contribution in [3.63, 3.8) is 0 Å². The minimum Gasteiger partial charge on any atom is -0.483 e. The van der Waals surface area contributed by atoms with Crippen LogP contribution >= 0.6 is 0 Å². The molecule has 0 aromatic rings. The van der Waals surface area contributed by atoms with Gasteiger partial charge in [0.25, 0.3) is 6.47 Å². The maximum atomic E-state index is 8.36. The van der Waals surface area contributed by atoms with Crippen LogP contribution in [0, 0.1) is 0 Å².